The van der Waals surface area contributed by atoms with Crippen LogP contribution in [0.3, 0.4) is 0 Å². The summed E-state index contributed by atoms with van der Waals surface area (Å²) in [5.74, 6) is -1.05. The molecule has 0 fully saturated rings. The van der Waals surface area contributed by atoms with Crippen molar-refractivity contribution in [3.63, 3.8) is 0 Å². The van der Waals surface area contributed by atoms with Gasteiger partial charge in [-0.05, 0) is 38.3 Å². The Kier molecular flexibility index (Phi) is 5.23. The Morgan fingerprint density at radius 3 is 2.76 bits per heavy atom. The maximum absolute atomic E-state index is 10.7. The number of hydrogen-bond acceptors (Lipinski definition) is 3. The van der Waals surface area contributed by atoms with Gasteiger partial charge in [-0.3, -0.25) is 0 Å². The number of aromatic nitrogens is 1. The van der Waals surface area contributed by atoms with Gasteiger partial charge in [0.05, 0.1) is 5.97 Å². The number of unbranched alkanes of at least 4 members (excludes halogenated alkanes) is 1. The van der Waals surface area contributed by atoms with Crippen molar-refractivity contribution in [2.45, 2.75) is 45.1 Å². The highest BCUT2D eigenvalue weighted by atomic mass is 32.2. The highest BCUT2D eigenvalue weighted by Crippen LogP contribution is 2.28. The van der Waals surface area contributed by atoms with Gasteiger partial charge in [-0.15, -0.1) is 0 Å². The highest BCUT2D eigenvalue weighted by molar-refractivity contribution is 7.99. The summed E-state index contributed by atoms with van der Waals surface area (Å²) in [6.07, 6.45) is 3.19. The summed E-state index contributed by atoms with van der Waals surface area (Å²) >= 11 is 1.32. The van der Waals surface area contributed by atoms with Gasteiger partial charge in [0.2, 0.25) is 10.5 Å². The third kappa shape index (κ3) is 3.76. The fourth-order valence-corrected chi connectivity index (χ4v) is 3.39. The van der Waals surface area contributed by atoms with E-state index in [9.17, 15) is 9.90 Å². The van der Waals surface area contributed by atoms with Crippen LogP contribution in [0.5, 0.6) is 0 Å². The third-order valence-electron chi connectivity index (χ3n) is 3.67. The van der Waals surface area contributed by atoms with Crippen LogP contribution in [-0.2, 0) is 11.2 Å². The third-order valence-corrected chi connectivity index (χ3v) is 4.69. The minimum Gasteiger partial charge on any atom is -0.549 e. The number of carboxylic acid groups (broad SMARTS) is 1. The standard InChI is InChI=1S/C17H21NO2S/c1-4-5-6-13-12(3)14-9-11(2)7-8-15(14)18-17(13)21-10-16(19)20/h7-9H,4-6,10H2,1-3H3,(H,19,20). The van der Waals surface area contributed by atoms with Gasteiger partial charge in [0.15, 0.2) is 0 Å². The van der Waals surface area contributed by atoms with Crippen LogP contribution in [0.2, 0.25) is 0 Å². The first-order valence-corrected chi connectivity index (χ1v) is 8.29. The molecule has 0 unspecified atom stereocenters. The second-order valence-electron chi connectivity index (χ2n) is 5.37. The highest BCUT2D eigenvalue weighted by Gasteiger charge is 2.18. The van der Waals surface area contributed by atoms with E-state index >= 15 is 0 Å². The Hall–Kier alpha value is -1.55. The van der Waals surface area contributed by atoms with E-state index < -0.39 is 5.97 Å². The number of benzene rings is 1. The molecule has 3 nitrogen and oxygen atoms in total. The van der Waals surface area contributed by atoms with E-state index in [-0.39, 0.29) is 5.75 Å². The monoisotopic (exact) mass is 303 g/mol. The van der Waals surface area contributed by atoms with E-state index in [0.717, 1.165) is 29.8 Å². The summed E-state index contributed by atoms with van der Waals surface area (Å²) in [6, 6.07) is 6.31. The smallest absolute Gasteiger partial charge is 0.242 e. The van der Waals surface area contributed by atoms with Crippen LogP contribution >= 0.6 is 11.8 Å². The molecule has 0 atom stereocenters. The Bertz CT molecular complexity index is 667. The van der Waals surface area contributed by atoms with Crippen molar-refractivity contribution in [2.75, 3.05) is 5.75 Å². The maximum Gasteiger partial charge on any atom is 0.242 e. The fourth-order valence-electron chi connectivity index (χ4n) is 2.52. The molecule has 0 aliphatic heterocycles. The van der Waals surface area contributed by atoms with Gasteiger partial charge in [0.25, 0.3) is 0 Å². The number of hydrogen-bond donors (Lipinski definition) is 0. The number of aryl methyl sites for hydroxylation is 2. The SMILES string of the molecule is CCCCc1c(SCC(=O)[O-])[nH+]c2ccc(C)cc2c1C. The number of aromatic amines is 1. The average Bonchev–Trinajstić information content (AvgIpc) is 2.45. The molecule has 1 aromatic carbocycles. The van der Waals surface area contributed by atoms with Crippen molar-refractivity contribution < 1.29 is 14.9 Å². The van der Waals surface area contributed by atoms with Crippen molar-refractivity contribution in [3.8, 4) is 0 Å². The molecule has 0 aliphatic rings. The second kappa shape index (κ2) is 6.94. The van der Waals surface area contributed by atoms with Crippen LogP contribution in [0.1, 0.15) is 36.5 Å². The predicted molar refractivity (Wildman–Crippen MR) is 84.3 cm³/mol. The van der Waals surface area contributed by atoms with Crippen LogP contribution in [0.4, 0.5) is 0 Å². The number of nitrogens with one attached hydrogen (secondary N) is 1. The largest absolute Gasteiger partial charge is 0.549 e. The molecule has 0 spiro atoms. The lowest BCUT2D eigenvalue weighted by molar-refractivity contribution is -0.396. The molecule has 0 amide bonds. The Labute approximate surface area is 129 Å². The van der Waals surface area contributed by atoms with Gasteiger partial charge < -0.3 is 9.90 Å². The zero-order chi connectivity index (χ0) is 15.4. The number of rotatable bonds is 6. The molecule has 0 saturated heterocycles. The second-order valence-corrected chi connectivity index (χ2v) is 6.36. The lowest BCUT2D eigenvalue weighted by Gasteiger charge is -2.10. The van der Waals surface area contributed by atoms with Gasteiger partial charge in [0, 0.05) is 22.8 Å². The van der Waals surface area contributed by atoms with Crippen LogP contribution in [0, 0.1) is 13.8 Å². The summed E-state index contributed by atoms with van der Waals surface area (Å²) in [5.41, 5.74) is 4.78. The summed E-state index contributed by atoms with van der Waals surface area (Å²) in [4.78, 5) is 14.1. The number of thioether (sulfide) groups is 1. The summed E-state index contributed by atoms with van der Waals surface area (Å²) in [7, 11) is 0. The first-order chi connectivity index (χ1) is 10.0. The molecule has 2 rings (SSSR count). The molecule has 0 radical (unpaired) electrons. The van der Waals surface area contributed by atoms with E-state index in [1.54, 1.807) is 0 Å². The van der Waals surface area contributed by atoms with E-state index in [0.29, 0.717) is 0 Å². The molecule has 112 valence electrons. The maximum atomic E-state index is 10.7. The van der Waals surface area contributed by atoms with E-state index in [2.05, 4.69) is 44.0 Å². The molecular formula is C17H21NO2S. The van der Waals surface area contributed by atoms with E-state index in [1.165, 1.54) is 33.8 Å². The molecular weight excluding hydrogens is 282 g/mol. The molecule has 0 aliphatic carbocycles. The van der Waals surface area contributed by atoms with Crippen LogP contribution in [-0.4, -0.2) is 11.7 Å². The van der Waals surface area contributed by atoms with Crippen molar-refractivity contribution in [2.24, 2.45) is 0 Å². The Morgan fingerprint density at radius 1 is 1.33 bits per heavy atom. The number of carbonyl (C=O) groups excluding carboxylic acids is 1. The van der Waals surface area contributed by atoms with Gasteiger partial charge in [-0.1, -0.05) is 36.7 Å². The number of H-pyrrole nitrogens is 1. The summed E-state index contributed by atoms with van der Waals surface area (Å²) < 4.78 is 0. The van der Waals surface area contributed by atoms with Gasteiger partial charge in [-0.2, -0.15) is 4.98 Å². The van der Waals surface area contributed by atoms with Crippen molar-refractivity contribution >= 4 is 28.6 Å². The summed E-state index contributed by atoms with van der Waals surface area (Å²) in [6.45, 7) is 6.38. The zero-order valence-corrected chi connectivity index (χ0v) is 13.6. The topological polar surface area (TPSA) is 54.3 Å². The summed E-state index contributed by atoms with van der Waals surface area (Å²) in [5, 5.41) is 12.9. The lowest BCUT2D eigenvalue weighted by atomic mass is 10.00. The molecule has 1 N–H and O–H groups in total. The quantitative estimate of drug-likeness (QED) is 0.770. The molecule has 21 heavy (non-hydrogen) atoms. The van der Waals surface area contributed by atoms with Crippen molar-refractivity contribution in [1.82, 2.24) is 0 Å². The molecule has 1 heterocycles. The number of carboxylic acids is 1. The minimum absolute atomic E-state index is 0.0214. The molecule has 0 saturated carbocycles. The first-order valence-electron chi connectivity index (χ1n) is 7.30. The van der Waals surface area contributed by atoms with Crippen molar-refractivity contribution in [3.05, 3.63) is 34.9 Å². The molecule has 1 aromatic heterocycles. The number of aliphatic carboxylic acids is 1. The average molecular weight is 303 g/mol. The number of carbonyl (C=O) groups is 1. The lowest BCUT2D eigenvalue weighted by Crippen LogP contribution is -2.25. The van der Waals surface area contributed by atoms with Gasteiger partial charge in [-0.25, -0.2) is 0 Å². The predicted octanol–water partition coefficient (Wildman–Crippen LogP) is 2.46. The number of pyridine rings is 1. The van der Waals surface area contributed by atoms with Crippen molar-refractivity contribution in [1.29, 1.82) is 0 Å². The molecule has 0 bridgehead atoms. The fraction of sp³-hybridized carbons (Fsp3) is 0.412. The van der Waals surface area contributed by atoms with E-state index in [1.807, 2.05) is 0 Å². The molecule has 4 heteroatoms. The van der Waals surface area contributed by atoms with Crippen LogP contribution in [0.25, 0.3) is 10.9 Å². The van der Waals surface area contributed by atoms with Gasteiger partial charge >= 0.3 is 0 Å². The molecule has 2 aromatic rings. The van der Waals surface area contributed by atoms with Crippen LogP contribution < -0.4 is 10.1 Å². The Morgan fingerprint density at radius 2 is 2.10 bits per heavy atom. The Balaban J connectivity index is 2.52. The number of fused-ring (bicyclic) bond motifs is 1. The van der Waals surface area contributed by atoms with Gasteiger partial charge in [0.1, 0.15) is 0 Å². The zero-order valence-electron chi connectivity index (χ0n) is 12.8. The normalized spacial score (nSPS) is 11.0. The first kappa shape index (κ1) is 15.8. The minimum atomic E-state index is -1.03. The van der Waals surface area contributed by atoms with E-state index in [4.69, 9.17) is 0 Å². The van der Waals surface area contributed by atoms with Crippen LogP contribution in [0.15, 0.2) is 23.2 Å².